The molecule has 0 radical (unpaired) electrons. The molecule has 0 atom stereocenters. The molecule has 0 aliphatic rings. The number of hydrogen-bond donors (Lipinski definition) is 1. The number of rotatable bonds is 6. The Hall–Kier alpha value is -2.34. The zero-order valence-electron chi connectivity index (χ0n) is 16.9. The van der Waals surface area contributed by atoms with E-state index < -0.39 is 10.0 Å². The molecule has 0 unspecified atom stereocenters. The van der Waals surface area contributed by atoms with E-state index in [0.717, 1.165) is 11.1 Å². The van der Waals surface area contributed by atoms with Gasteiger partial charge in [0.15, 0.2) is 0 Å². The fraction of sp³-hybridized carbons (Fsp3) is 0.381. The number of benzene rings is 2. The predicted octanol–water partition coefficient (Wildman–Crippen LogP) is 4.20. The first-order chi connectivity index (χ1) is 12.6. The lowest BCUT2D eigenvalue weighted by Crippen LogP contribution is -2.30. The molecule has 146 valence electrons. The van der Waals surface area contributed by atoms with Crippen LogP contribution in [0.2, 0.25) is 0 Å². The molecule has 6 heteroatoms. The maximum Gasteiger partial charge on any atom is 0.262 e. The van der Waals surface area contributed by atoms with Gasteiger partial charge in [-0.1, -0.05) is 23.8 Å². The highest BCUT2D eigenvalue weighted by atomic mass is 32.2. The third-order valence-electron chi connectivity index (χ3n) is 4.65. The van der Waals surface area contributed by atoms with Crippen LogP contribution in [0, 0.1) is 27.7 Å². The minimum absolute atomic E-state index is 0.108. The molecule has 0 aliphatic carbocycles. The van der Waals surface area contributed by atoms with Crippen LogP contribution >= 0.6 is 0 Å². The lowest BCUT2D eigenvalue weighted by atomic mass is 10.1. The van der Waals surface area contributed by atoms with Crippen LogP contribution in [-0.2, 0) is 10.0 Å². The van der Waals surface area contributed by atoms with E-state index in [-0.39, 0.29) is 10.8 Å². The molecule has 0 aromatic heterocycles. The summed E-state index contributed by atoms with van der Waals surface area (Å²) in [6, 6.07) is 8.83. The number of aryl methyl sites for hydroxylation is 4. The first-order valence-corrected chi connectivity index (χ1v) is 10.6. The van der Waals surface area contributed by atoms with Gasteiger partial charge < -0.3 is 4.90 Å². The summed E-state index contributed by atoms with van der Waals surface area (Å²) in [5.41, 5.74) is 4.08. The zero-order chi connectivity index (χ0) is 20.4. The van der Waals surface area contributed by atoms with Crippen LogP contribution in [0.5, 0.6) is 0 Å². The van der Waals surface area contributed by atoms with Gasteiger partial charge in [0.1, 0.15) is 0 Å². The zero-order valence-corrected chi connectivity index (χ0v) is 17.7. The summed E-state index contributed by atoms with van der Waals surface area (Å²) in [7, 11) is -3.76. The lowest BCUT2D eigenvalue weighted by molar-refractivity contribution is 0.0773. The summed E-state index contributed by atoms with van der Waals surface area (Å²) < 4.78 is 28.7. The third-order valence-corrected chi connectivity index (χ3v) is 6.32. The van der Waals surface area contributed by atoms with Crippen molar-refractivity contribution in [2.24, 2.45) is 0 Å². The minimum Gasteiger partial charge on any atom is -0.339 e. The topological polar surface area (TPSA) is 66.5 Å². The summed E-state index contributed by atoms with van der Waals surface area (Å²) in [4.78, 5) is 14.6. The van der Waals surface area contributed by atoms with Crippen LogP contribution in [0.25, 0.3) is 0 Å². The van der Waals surface area contributed by atoms with E-state index in [1.54, 1.807) is 36.9 Å². The number of anilines is 1. The van der Waals surface area contributed by atoms with Gasteiger partial charge in [-0.2, -0.15) is 0 Å². The Balaban J connectivity index is 2.45. The summed E-state index contributed by atoms with van der Waals surface area (Å²) in [5.74, 6) is -0.108. The normalized spacial score (nSPS) is 11.3. The highest BCUT2D eigenvalue weighted by Gasteiger charge is 2.22. The van der Waals surface area contributed by atoms with E-state index >= 15 is 0 Å². The molecule has 0 saturated heterocycles. The number of amides is 1. The largest absolute Gasteiger partial charge is 0.339 e. The molecule has 1 amide bonds. The molecule has 0 spiro atoms. The monoisotopic (exact) mass is 388 g/mol. The van der Waals surface area contributed by atoms with Crippen molar-refractivity contribution in [3.05, 3.63) is 58.1 Å². The number of hydrogen-bond acceptors (Lipinski definition) is 3. The molecule has 1 N–H and O–H groups in total. The highest BCUT2D eigenvalue weighted by Crippen LogP contribution is 2.26. The average molecular weight is 389 g/mol. The highest BCUT2D eigenvalue weighted by molar-refractivity contribution is 7.92. The Morgan fingerprint density at radius 3 is 2.00 bits per heavy atom. The Kier molecular flexibility index (Phi) is 6.31. The average Bonchev–Trinajstić information content (AvgIpc) is 2.56. The number of nitrogens with zero attached hydrogens (tertiary/aromatic N) is 1. The maximum absolute atomic E-state index is 13.0. The second-order valence-electron chi connectivity index (χ2n) is 6.84. The van der Waals surface area contributed by atoms with Crippen molar-refractivity contribution in [3.63, 3.8) is 0 Å². The molecule has 2 aromatic rings. The van der Waals surface area contributed by atoms with Gasteiger partial charge in [-0.05, 0) is 70.4 Å². The van der Waals surface area contributed by atoms with Crippen LogP contribution in [0.15, 0.2) is 35.2 Å². The van der Waals surface area contributed by atoms with Gasteiger partial charge in [0.25, 0.3) is 15.9 Å². The Labute approximate surface area is 162 Å². The first-order valence-electron chi connectivity index (χ1n) is 9.11. The molecule has 0 bridgehead atoms. The van der Waals surface area contributed by atoms with Gasteiger partial charge in [-0.3, -0.25) is 9.52 Å². The Morgan fingerprint density at radius 1 is 0.926 bits per heavy atom. The second kappa shape index (κ2) is 8.13. The number of carbonyl (C=O) groups is 1. The standard InChI is InChI=1S/C21H28N2O3S/c1-7-23(8-2)21(24)18-10-9-15(4)19(13-18)22-27(25,26)20-16(5)11-14(3)12-17(20)6/h9-13,22H,7-8H2,1-6H3. The molecular weight excluding hydrogens is 360 g/mol. The van der Waals surface area contributed by atoms with Crippen molar-refractivity contribution in [3.8, 4) is 0 Å². The smallest absolute Gasteiger partial charge is 0.262 e. The van der Waals surface area contributed by atoms with E-state index in [4.69, 9.17) is 0 Å². The third kappa shape index (κ3) is 4.50. The second-order valence-corrected chi connectivity index (χ2v) is 8.46. The van der Waals surface area contributed by atoms with Crippen molar-refractivity contribution < 1.29 is 13.2 Å². The summed E-state index contributed by atoms with van der Waals surface area (Å²) in [6.07, 6.45) is 0. The summed E-state index contributed by atoms with van der Waals surface area (Å²) >= 11 is 0. The van der Waals surface area contributed by atoms with Crippen LogP contribution in [0.1, 0.15) is 46.5 Å². The van der Waals surface area contributed by atoms with Crippen LogP contribution in [-0.4, -0.2) is 32.3 Å². The Morgan fingerprint density at radius 2 is 1.48 bits per heavy atom. The molecule has 2 aromatic carbocycles. The SMILES string of the molecule is CCN(CC)C(=O)c1ccc(C)c(NS(=O)(=O)c2c(C)cc(C)cc2C)c1. The van der Waals surface area contributed by atoms with E-state index in [1.165, 1.54) is 0 Å². The number of carbonyl (C=O) groups excluding carboxylic acids is 1. The molecule has 2 rings (SSSR count). The van der Waals surface area contributed by atoms with Gasteiger partial charge in [-0.25, -0.2) is 8.42 Å². The summed E-state index contributed by atoms with van der Waals surface area (Å²) in [5, 5.41) is 0. The molecule has 0 heterocycles. The van der Waals surface area contributed by atoms with E-state index in [1.807, 2.05) is 39.8 Å². The van der Waals surface area contributed by atoms with Crippen molar-refractivity contribution in [1.29, 1.82) is 0 Å². The van der Waals surface area contributed by atoms with E-state index in [0.29, 0.717) is 35.5 Å². The molecule has 0 fully saturated rings. The van der Waals surface area contributed by atoms with Crippen molar-refractivity contribution >= 4 is 21.6 Å². The van der Waals surface area contributed by atoms with Crippen molar-refractivity contribution in [2.75, 3.05) is 17.8 Å². The number of nitrogens with one attached hydrogen (secondary N) is 1. The number of sulfonamides is 1. The van der Waals surface area contributed by atoms with Crippen molar-refractivity contribution in [2.45, 2.75) is 46.4 Å². The van der Waals surface area contributed by atoms with Gasteiger partial charge in [0, 0.05) is 18.7 Å². The predicted molar refractivity (Wildman–Crippen MR) is 110 cm³/mol. The van der Waals surface area contributed by atoms with Gasteiger partial charge in [-0.15, -0.1) is 0 Å². The molecule has 5 nitrogen and oxygen atoms in total. The molecular formula is C21H28N2O3S. The lowest BCUT2D eigenvalue weighted by Gasteiger charge is -2.20. The fourth-order valence-corrected chi connectivity index (χ4v) is 4.92. The van der Waals surface area contributed by atoms with Crippen LogP contribution in [0.3, 0.4) is 0 Å². The van der Waals surface area contributed by atoms with E-state index in [2.05, 4.69) is 4.72 Å². The first kappa shape index (κ1) is 21.0. The minimum atomic E-state index is -3.76. The maximum atomic E-state index is 13.0. The van der Waals surface area contributed by atoms with E-state index in [9.17, 15) is 13.2 Å². The Bertz CT molecular complexity index is 938. The molecule has 0 aliphatic heterocycles. The molecule has 0 saturated carbocycles. The van der Waals surface area contributed by atoms with Gasteiger partial charge in [0.05, 0.1) is 10.6 Å². The van der Waals surface area contributed by atoms with Gasteiger partial charge in [0.2, 0.25) is 0 Å². The van der Waals surface area contributed by atoms with Gasteiger partial charge >= 0.3 is 0 Å². The van der Waals surface area contributed by atoms with Crippen LogP contribution in [0.4, 0.5) is 5.69 Å². The van der Waals surface area contributed by atoms with Crippen LogP contribution < -0.4 is 4.72 Å². The quantitative estimate of drug-likeness (QED) is 0.806. The van der Waals surface area contributed by atoms with Crippen molar-refractivity contribution in [1.82, 2.24) is 4.90 Å². The summed E-state index contributed by atoms with van der Waals surface area (Å²) in [6.45, 7) is 12.4. The fourth-order valence-electron chi connectivity index (χ4n) is 3.34. The molecule has 27 heavy (non-hydrogen) atoms.